The highest BCUT2D eigenvalue weighted by Gasteiger charge is 2.48. The Morgan fingerprint density at radius 3 is 1.88 bits per heavy atom. The van der Waals surface area contributed by atoms with Gasteiger partial charge in [0.25, 0.3) is 11.5 Å². The number of benzene rings is 3. The van der Waals surface area contributed by atoms with Gasteiger partial charge < -0.3 is 24.7 Å². The number of rotatable bonds is 12. The van der Waals surface area contributed by atoms with Gasteiger partial charge in [-0.3, -0.25) is 14.2 Å². The van der Waals surface area contributed by atoms with Crippen molar-refractivity contribution < 1.29 is 28.1 Å². The van der Waals surface area contributed by atoms with Crippen LogP contribution in [0, 0.1) is 5.95 Å². The van der Waals surface area contributed by atoms with E-state index in [1.54, 1.807) is 0 Å². The zero-order chi connectivity index (χ0) is 28.6. The van der Waals surface area contributed by atoms with E-state index < -0.39 is 47.6 Å². The van der Waals surface area contributed by atoms with Gasteiger partial charge in [-0.1, -0.05) is 91.0 Å². The molecular formula is C31H30FN3O6. The molecule has 0 radical (unpaired) electrons. The zero-order valence-electron chi connectivity index (χ0n) is 22.2. The quantitative estimate of drug-likeness (QED) is 0.281. The number of carbonyl (C=O) groups is 1. The van der Waals surface area contributed by atoms with Gasteiger partial charge in [0.05, 0.1) is 32.6 Å². The molecule has 2 N–H and O–H groups in total. The minimum Gasteiger partial charge on any atom is -0.374 e. The van der Waals surface area contributed by atoms with Gasteiger partial charge >= 0.3 is 0 Å². The van der Waals surface area contributed by atoms with Crippen LogP contribution < -0.4 is 11.3 Å². The van der Waals surface area contributed by atoms with Crippen LogP contribution >= 0.6 is 0 Å². The molecular weight excluding hydrogens is 529 g/mol. The molecule has 10 heteroatoms. The number of nitrogens with two attached hydrogens (primary N) is 1. The fraction of sp³-hybridized carbons (Fsp3) is 0.258. The van der Waals surface area contributed by atoms with Crippen molar-refractivity contribution in [1.82, 2.24) is 9.55 Å². The number of nitrogens with zero attached hydrogens (tertiary/aromatic N) is 2. The van der Waals surface area contributed by atoms with Crippen LogP contribution in [0.5, 0.6) is 0 Å². The summed E-state index contributed by atoms with van der Waals surface area (Å²) in [6.07, 6.45) is -2.59. The summed E-state index contributed by atoms with van der Waals surface area (Å²) in [5.74, 6) is -2.21. The maximum absolute atomic E-state index is 14.5. The van der Waals surface area contributed by atoms with Gasteiger partial charge in [0, 0.05) is 0 Å². The molecule has 5 rings (SSSR count). The molecule has 4 atom stereocenters. The first-order valence-electron chi connectivity index (χ1n) is 13.2. The molecule has 0 saturated carbocycles. The summed E-state index contributed by atoms with van der Waals surface area (Å²) in [4.78, 5) is 28.4. The Labute approximate surface area is 236 Å². The Hall–Kier alpha value is -4.22. The summed E-state index contributed by atoms with van der Waals surface area (Å²) < 4.78 is 40.4. The van der Waals surface area contributed by atoms with Crippen LogP contribution in [-0.4, -0.2) is 40.4 Å². The Morgan fingerprint density at radius 2 is 1.34 bits per heavy atom. The third-order valence-electron chi connectivity index (χ3n) is 6.66. The lowest BCUT2D eigenvalue weighted by Crippen LogP contribution is -2.41. The Morgan fingerprint density at radius 1 is 0.829 bits per heavy atom. The minimum atomic E-state index is -1.16. The van der Waals surface area contributed by atoms with Crippen molar-refractivity contribution in [3.8, 4) is 0 Å². The summed E-state index contributed by atoms with van der Waals surface area (Å²) in [5.41, 5.74) is 6.45. The van der Waals surface area contributed by atoms with E-state index in [0.29, 0.717) is 6.61 Å². The number of halogens is 1. The van der Waals surface area contributed by atoms with Crippen LogP contribution in [0.1, 0.15) is 33.4 Å². The third-order valence-corrected chi connectivity index (χ3v) is 6.66. The molecule has 1 aliphatic heterocycles. The second kappa shape index (κ2) is 13.4. The fourth-order valence-electron chi connectivity index (χ4n) is 4.67. The van der Waals surface area contributed by atoms with E-state index in [2.05, 4.69) is 4.98 Å². The molecule has 4 aromatic rings. The summed E-state index contributed by atoms with van der Waals surface area (Å²) in [5, 5.41) is 0. The highest BCUT2D eigenvalue weighted by atomic mass is 19.1. The van der Waals surface area contributed by atoms with Gasteiger partial charge in [-0.15, -0.1) is 0 Å². The van der Waals surface area contributed by atoms with Crippen LogP contribution in [0.25, 0.3) is 0 Å². The third kappa shape index (κ3) is 7.11. The first kappa shape index (κ1) is 28.3. The standard InChI is InChI=1S/C31H30FN3O6/c32-25-16-35(30(37)26(34-25)29(33)36)31-28(40-19-23-14-8-3-9-15-23)27(39-18-22-12-6-2-7-13-22)24(41-31)20-38-17-21-10-4-1-5-11-21/h1-16,24,27-28,31H,17-20H2,(H2,33,36)/t24-,27-,28-,31-/m1/s1. The van der Waals surface area contributed by atoms with Gasteiger partial charge in [-0.25, -0.2) is 4.98 Å². The fourth-order valence-corrected chi connectivity index (χ4v) is 4.67. The van der Waals surface area contributed by atoms with E-state index in [4.69, 9.17) is 24.7 Å². The largest absolute Gasteiger partial charge is 0.374 e. The molecule has 1 aliphatic rings. The second-order valence-corrected chi connectivity index (χ2v) is 9.58. The second-order valence-electron chi connectivity index (χ2n) is 9.58. The van der Waals surface area contributed by atoms with E-state index in [1.165, 1.54) is 0 Å². The molecule has 0 spiro atoms. The maximum atomic E-state index is 14.5. The SMILES string of the molecule is NC(=O)c1nc(F)cn([C@@H]2O[C@H](COCc3ccccc3)[C@@H](OCc3ccccc3)[C@H]2OCc2ccccc2)c1=O. The van der Waals surface area contributed by atoms with Crippen molar-refractivity contribution in [2.75, 3.05) is 6.61 Å². The molecule has 9 nitrogen and oxygen atoms in total. The molecule has 1 amide bonds. The van der Waals surface area contributed by atoms with Crippen molar-refractivity contribution in [3.05, 3.63) is 136 Å². The lowest BCUT2D eigenvalue weighted by molar-refractivity contribution is -0.0921. The van der Waals surface area contributed by atoms with E-state index in [1.807, 2.05) is 91.0 Å². The molecule has 1 aromatic heterocycles. The summed E-state index contributed by atoms with van der Waals surface area (Å²) in [7, 11) is 0. The lowest BCUT2D eigenvalue weighted by atomic mass is 10.1. The topological polar surface area (TPSA) is 115 Å². The minimum absolute atomic E-state index is 0.0983. The average molecular weight is 560 g/mol. The Balaban J connectivity index is 1.46. The number of amides is 1. The molecule has 3 aromatic carbocycles. The number of aromatic nitrogens is 2. The van der Waals surface area contributed by atoms with E-state index >= 15 is 0 Å². The lowest BCUT2D eigenvalue weighted by Gasteiger charge is -2.26. The molecule has 212 valence electrons. The summed E-state index contributed by atoms with van der Waals surface area (Å²) in [6.45, 7) is 0.816. The highest BCUT2D eigenvalue weighted by molar-refractivity contribution is 5.90. The van der Waals surface area contributed by atoms with E-state index in [0.717, 1.165) is 27.5 Å². The normalized spacial score (nSPS) is 20.2. The smallest absolute Gasteiger partial charge is 0.284 e. The van der Waals surface area contributed by atoms with Crippen molar-refractivity contribution in [2.24, 2.45) is 5.73 Å². The first-order chi connectivity index (χ1) is 20.0. The molecule has 1 saturated heterocycles. The monoisotopic (exact) mass is 559 g/mol. The van der Waals surface area contributed by atoms with Crippen molar-refractivity contribution in [2.45, 2.75) is 44.4 Å². The molecule has 2 heterocycles. The first-order valence-corrected chi connectivity index (χ1v) is 13.2. The van der Waals surface area contributed by atoms with Crippen LogP contribution in [0.2, 0.25) is 0 Å². The van der Waals surface area contributed by atoms with E-state index in [9.17, 15) is 14.0 Å². The average Bonchev–Trinajstić information content (AvgIpc) is 3.34. The van der Waals surface area contributed by atoms with Crippen LogP contribution in [-0.2, 0) is 38.8 Å². The maximum Gasteiger partial charge on any atom is 0.284 e. The number of primary amides is 1. The van der Waals surface area contributed by atoms with Gasteiger partial charge in [-0.05, 0) is 16.7 Å². The molecule has 41 heavy (non-hydrogen) atoms. The van der Waals surface area contributed by atoms with Gasteiger partial charge in [-0.2, -0.15) is 4.39 Å². The molecule has 0 aliphatic carbocycles. The highest BCUT2D eigenvalue weighted by Crippen LogP contribution is 2.35. The van der Waals surface area contributed by atoms with Gasteiger partial charge in [0.1, 0.15) is 18.3 Å². The number of carbonyl (C=O) groups excluding carboxylic acids is 1. The van der Waals surface area contributed by atoms with Crippen molar-refractivity contribution in [3.63, 3.8) is 0 Å². The number of ether oxygens (including phenoxy) is 4. The van der Waals surface area contributed by atoms with Crippen molar-refractivity contribution in [1.29, 1.82) is 0 Å². The molecule has 1 fully saturated rings. The van der Waals surface area contributed by atoms with Crippen LogP contribution in [0.3, 0.4) is 0 Å². The van der Waals surface area contributed by atoms with Crippen LogP contribution in [0.15, 0.2) is 102 Å². The molecule has 0 bridgehead atoms. The summed E-state index contributed by atoms with van der Waals surface area (Å²) >= 11 is 0. The molecule has 0 unspecified atom stereocenters. The predicted molar refractivity (Wildman–Crippen MR) is 147 cm³/mol. The summed E-state index contributed by atoms with van der Waals surface area (Å²) in [6, 6.07) is 28.7. The number of hydrogen-bond acceptors (Lipinski definition) is 7. The van der Waals surface area contributed by atoms with Crippen molar-refractivity contribution >= 4 is 5.91 Å². The van der Waals surface area contributed by atoms with E-state index in [-0.39, 0.29) is 19.8 Å². The predicted octanol–water partition coefficient (Wildman–Crippen LogP) is 3.77. The van der Waals surface area contributed by atoms with Crippen LogP contribution in [0.4, 0.5) is 4.39 Å². The Kier molecular flexibility index (Phi) is 9.27. The zero-order valence-corrected chi connectivity index (χ0v) is 22.2. The Bertz CT molecular complexity index is 1490. The van der Waals surface area contributed by atoms with Gasteiger partial charge in [0.2, 0.25) is 5.95 Å². The van der Waals surface area contributed by atoms with Gasteiger partial charge in [0.15, 0.2) is 11.9 Å². The number of hydrogen-bond donors (Lipinski definition) is 1.